The Bertz CT molecular complexity index is 642. The molecule has 1 fully saturated rings. The normalized spacial score (nSPS) is 17.5. The van der Waals surface area contributed by atoms with Crippen LogP contribution in [0.2, 0.25) is 0 Å². The van der Waals surface area contributed by atoms with E-state index < -0.39 is 0 Å². The molecule has 1 aliphatic heterocycles. The lowest BCUT2D eigenvalue weighted by Gasteiger charge is -2.27. The van der Waals surface area contributed by atoms with Crippen LogP contribution in [0.25, 0.3) is 0 Å². The van der Waals surface area contributed by atoms with Crippen molar-refractivity contribution in [1.29, 1.82) is 0 Å². The van der Waals surface area contributed by atoms with Gasteiger partial charge in [0, 0.05) is 12.2 Å². The van der Waals surface area contributed by atoms with E-state index in [2.05, 4.69) is 17.0 Å². The Kier molecular flexibility index (Phi) is 4.28. The summed E-state index contributed by atoms with van der Waals surface area (Å²) in [6, 6.07) is 15.4. The molecule has 0 aliphatic carbocycles. The molecule has 1 aliphatic rings. The molecule has 1 atom stereocenters. The van der Waals surface area contributed by atoms with Crippen LogP contribution < -0.4 is 9.64 Å². The van der Waals surface area contributed by atoms with Gasteiger partial charge in [-0.1, -0.05) is 24.3 Å². The van der Waals surface area contributed by atoms with Gasteiger partial charge >= 0.3 is 0 Å². The number of hydrogen-bond acceptors (Lipinski definition) is 4. The monoisotopic (exact) mass is 297 g/mol. The Morgan fingerprint density at radius 3 is 2.77 bits per heavy atom. The van der Waals surface area contributed by atoms with Crippen LogP contribution in [0.1, 0.15) is 23.2 Å². The van der Waals surface area contributed by atoms with Gasteiger partial charge in [0.25, 0.3) is 0 Å². The number of nitrogens with zero attached hydrogens (tertiary/aromatic N) is 1. The van der Waals surface area contributed by atoms with Gasteiger partial charge in [0.2, 0.25) is 0 Å². The van der Waals surface area contributed by atoms with Gasteiger partial charge in [-0.15, -0.1) is 0 Å². The molecule has 22 heavy (non-hydrogen) atoms. The number of carbonyl (C=O) groups is 1. The summed E-state index contributed by atoms with van der Waals surface area (Å²) in [6.45, 7) is 1.51. The second-order valence-corrected chi connectivity index (χ2v) is 5.44. The predicted molar refractivity (Wildman–Crippen MR) is 85.8 cm³/mol. The molecule has 2 aromatic carbocycles. The van der Waals surface area contributed by atoms with Gasteiger partial charge in [0.05, 0.1) is 11.6 Å². The fraction of sp³-hybridized carbons (Fsp3) is 0.278. The summed E-state index contributed by atoms with van der Waals surface area (Å²) < 4.78 is 5.81. The maximum atomic E-state index is 11.1. The Hall–Kier alpha value is -2.49. The van der Waals surface area contributed by atoms with Crippen LogP contribution in [0.15, 0.2) is 48.5 Å². The lowest BCUT2D eigenvalue weighted by Crippen LogP contribution is -2.34. The highest BCUT2D eigenvalue weighted by molar-refractivity contribution is 5.83. The van der Waals surface area contributed by atoms with E-state index >= 15 is 0 Å². The van der Waals surface area contributed by atoms with Crippen LogP contribution >= 0.6 is 0 Å². The lowest BCUT2D eigenvalue weighted by molar-refractivity contribution is 0.111. The molecule has 0 saturated carbocycles. The summed E-state index contributed by atoms with van der Waals surface area (Å²) in [7, 11) is 0. The molecule has 0 unspecified atom stereocenters. The summed E-state index contributed by atoms with van der Waals surface area (Å²) in [6.07, 6.45) is 2.82. The zero-order valence-corrected chi connectivity index (χ0v) is 12.3. The van der Waals surface area contributed by atoms with Gasteiger partial charge in [-0.25, -0.2) is 0 Å². The molecular formula is C18H19NO3. The molecule has 3 rings (SSSR count). The lowest BCUT2D eigenvalue weighted by atomic mass is 10.2. The number of aromatic hydroxyl groups is 1. The number of carbonyl (C=O) groups excluding carboxylic acids is 1. The number of phenolic OH excluding ortho intramolecular Hbond substituents is 1. The number of anilines is 1. The van der Waals surface area contributed by atoms with Crippen molar-refractivity contribution in [3.05, 3.63) is 54.1 Å². The summed E-state index contributed by atoms with van der Waals surface area (Å²) in [5.74, 6) is 0.397. The number of benzene rings is 2. The molecule has 4 heteroatoms. The van der Waals surface area contributed by atoms with E-state index in [1.807, 2.05) is 18.2 Å². The van der Waals surface area contributed by atoms with Crippen LogP contribution in [0.5, 0.6) is 11.5 Å². The molecular weight excluding hydrogens is 278 g/mol. The Morgan fingerprint density at radius 2 is 2.00 bits per heavy atom. The first-order chi connectivity index (χ1) is 10.8. The minimum atomic E-state index is -0.0427. The minimum Gasteiger partial charge on any atom is -0.507 e. The van der Waals surface area contributed by atoms with Crippen molar-refractivity contribution < 1.29 is 14.6 Å². The van der Waals surface area contributed by atoms with E-state index in [1.54, 1.807) is 12.1 Å². The van der Waals surface area contributed by atoms with Gasteiger partial charge in [-0.2, -0.15) is 0 Å². The highest BCUT2D eigenvalue weighted by atomic mass is 16.5. The summed E-state index contributed by atoms with van der Waals surface area (Å²) in [4.78, 5) is 13.4. The van der Waals surface area contributed by atoms with Gasteiger partial charge in [0.15, 0.2) is 6.29 Å². The Balaban J connectivity index is 1.71. The van der Waals surface area contributed by atoms with Gasteiger partial charge in [0.1, 0.15) is 18.1 Å². The van der Waals surface area contributed by atoms with Crippen LogP contribution in [0, 0.1) is 0 Å². The Labute approximate surface area is 130 Å². The SMILES string of the molecule is O=Cc1c(O)cccc1OC[C@@H]1CCCN1c1ccccc1. The van der Waals surface area contributed by atoms with E-state index in [0.717, 1.165) is 19.4 Å². The molecule has 1 heterocycles. The fourth-order valence-electron chi connectivity index (χ4n) is 2.93. The summed E-state index contributed by atoms with van der Waals surface area (Å²) in [5, 5.41) is 9.69. The first kappa shape index (κ1) is 14.4. The highest BCUT2D eigenvalue weighted by Crippen LogP contribution is 2.28. The second kappa shape index (κ2) is 6.52. The van der Waals surface area contributed by atoms with Crippen molar-refractivity contribution >= 4 is 12.0 Å². The molecule has 0 amide bonds. The molecule has 0 radical (unpaired) electrons. The zero-order valence-electron chi connectivity index (χ0n) is 12.3. The number of aldehydes is 1. The standard InChI is InChI=1S/C18H19NO3/c20-12-16-17(21)9-4-10-18(16)22-13-15-8-5-11-19(15)14-6-2-1-3-7-14/h1-4,6-7,9-10,12,15,21H,5,8,11,13H2/t15-/m0/s1. The number of rotatable bonds is 5. The molecule has 0 spiro atoms. The third-order valence-corrected chi connectivity index (χ3v) is 4.06. The summed E-state index contributed by atoms with van der Waals surface area (Å²) >= 11 is 0. The van der Waals surface area contributed by atoms with Crippen molar-refractivity contribution in [1.82, 2.24) is 0 Å². The van der Waals surface area contributed by atoms with E-state index in [1.165, 1.54) is 11.8 Å². The Morgan fingerprint density at radius 1 is 1.18 bits per heavy atom. The number of para-hydroxylation sites is 1. The van der Waals surface area contributed by atoms with E-state index in [4.69, 9.17) is 4.74 Å². The van der Waals surface area contributed by atoms with Crippen molar-refractivity contribution in [2.45, 2.75) is 18.9 Å². The third-order valence-electron chi connectivity index (χ3n) is 4.06. The average molecular weight is 297 g/mol. The van der Waals surface area contributed by atoms with E-state index in [0.29, 0.717) is 18.6 Å². The molecule has 4 nitrogen and oxygen atoms in total. The molecule has 2 aromatic rings. The van der Waals surface area contributed by atoms with Gasteiger partial charge in [-0.3, -0.25) is 4.79 Å². The van der Waals surface area contributed by atoms with Crippen molar-refractivity contribution in [3.63, 3.8) is 0 Å². The first-order valence-corrected chi connectivity index (χ1v) is 7.51. The van der Waals surface area contributed by atoms with Crippen molar-refractivity contribution in [2.24, 2.45) is 0 Å². The third kappa shape index (κ3) is 2.91. The topological polar surface area (TPSA) is 49.8 Å². The number of hydrogen-bond donors (Lipinski definition) is 1. The second-order valence-electron chi connectivity index (χ2n) is 5.44. The van der Waals surface area contributed by atoms with Gasteiger partial charge < -0.3 is 14.7 Å². The maximum absolute atomic E-state index is 11.1. The van der Waals surface area contributed by atoms with Crippen LogP contribution in [-0.2, 0) is 0 Å². The smallest absolute Gasteiger partial charge is 0.157 e. The fourth-order valence-corrected chi connectivity index (χ4v) is 2.93. The largest absolute Gasteiger partial charge is 0.507 e. The van der Waals surface area contributed by atoms with Crippen molar-refractivity contribution in [2.75, 3.05) is 18.1 Å². The van der Waals surface area contributed by atoms with Crippen LogP contribution in [-0.4, -0.2) is 30.6 Å². The quantitative estimate of drug-likeness (QED) is 0.861. The van der Waals surface area contributed by atoms with Crippen LogP contribution in [0.3, 0.4) is 0 Å². The minimum absolute atomic E-state index is 0.0427. The van der Waals surface area contributed by atoms with E-state index in [-0.39, 0.29) is 17.4 Å². The highest BCUT2D eigenvalue weighted by Gasteiger charge is 2.25. The first-order valence-electron chi connectivity index (χ1n) is 7.51. The average Bonchev–Trinajstić information content (AvgIpc) is 3.02. The van der Waals surface area contributed by atoms with Gasteiger partial charge in [-0.05, 0) is 37.1 Å². The predicted octanol–water partition coefficient (Wildman–Crippen LogP) is 3.25. The maximum Gasteiger partial charge on any atom is 0.157 e. The zero-order chi connectivity index (χ0) is 15.4. The molecule has 1 N–H and O–H groups in total. The summed E-state index contributed by atoms with van der Waals surface area (Å²) in [5.41, 5.74) is 1.41. The molecule has 0 aromatic heterocycles. The number of ether oxygens (including phenoxy) is 1. The molecule has 114 valence electrons. The van der Waals surface area contributed by atoms with Crippen LogP contribution in [0.4, 0.5) is 5.69 Å². The van der Waals surface area contributed by atoms with Crippen molar-refractivity contribution in [3.8, 4) is 11.5 Å². The number of phenols is 1. The van der Waals surface area contributed by atoms with E-state index in [9.17, 15) is 9.90 Å². The molecule has 0 bridgehead atoms. The molecule has 1 saturated heterocycles.